The van der Waals surface area contributed by atoms with Gasteiger partial charge in [0.05, 0.1) is 22.5 Å². The first-order valence-corrected chi connectivity index (χ1v) is 11.3. The highest BCUT2D eigenvalue weighted by molar-refractivity contribution is 8.00. The average molecular weight is 423 g/mol. The molecule has 30 heavy (non-hydrogen) atoms. The summed E-state index contributed by atoms with van der Waals surface area (Å²) in [5, 5.41) is 12.4. The predicted molar refractivity (Wildman–Crippen MR) is 121 cm³/mol. The fourth-order valence-electron chi connectivity index (χ4n) is 3.79. The molecule has 156 valence electrons. The molecule has 0 aliphatic heterocycles. The minimum Gasteiger partial charge on any atom is -0.463 e. The average Bonchev–Trinajstić information content (AvgIpc) is 3.35. The van der Waals surface area contributed by atoms with Crippen molar-refractivity contribution in [2.45, 2.75) is 57.2 Å². The van der Waals surface area contributed by atoms with Crippen molar-refractivity contribution >= 4 is 40.0 Å². The van der Waals surface area contributed by atoms with Crippen molar-refractivity contribution in [3.8, 4) is 0 Å². The van der Waals surface area contributed by atoms with Crippen LogP contribution < -0.4 is 5.32 Å². The molecule has 3 heterocycles. The van der Waals surface area contributed by atoms with E-state index in [1.165, 1.54) is 11.8 Å². The van der Waals surface area contributed by atoms with Gasteiger partial charge in [-0.3, -0.25) is 9.20 Å². The molecule has 0 radical (unpaired) electrons. The van der Waals surface area contributed by atoms with Crippen LogP contribution in [0.15, 0.2) is 46.0 Å². The third kappa shape index (κ3) is 3.58. The lowest BCUT2D eigenvalue weighted by molar-refractivity contribution is -0.115. The summed E-state index contributed by atoms with van der Waals surface area (Å²) in [4.78, 5) is 13.2. The number of amides is 1. The molecule has 7 heteroatoms. The first kappa shape index (κ1) is 20.5. The van der Waals surface area contributed by atoms with E-state index < -0.39 is 0 Å². The van der Waals surface area contributed by atoms with Crippen LogP contribution >= 0.6 is 11.8 Å². The number of carbonyl (C=O) groups is 1. The number of anilines is 1. The molecule has 1 amide bonds. The first-order valence-electron chi connectivity index (χ1n) is 10.4. The number of hydrogen-bond donors (Lipinski definition) is 1. The maximum absolute atomic E-state index is 13.2. The van der Waals surface area contributed by atoms with Crippen molar-refractivity contribution < 1.29 is 9.21 Å². The van der Waals surface area contributed by atoms with Gasteiger partial charge in [0.1, 0.15) is 10.9 Å². The second kappa shape index (κ2) is 8.52. The number of para-hydroxylation sites is 1. The summed E-state index contributed by atoms with van der Waals surface area (Å²) in [5.41, 5.74) is 5.93. The van der Waals surface area contributed by atoms with Gasteiger partial charge in [-0.15, -0.1) is 10.2 Å². The number of aryl methyl sites for hydroxylation is 3. The van der Waals surface area contributed by atoms with Crippen molar-refractivity contribution in [2.75, 3.05) is 5.32 Å². The summed E-state index contributed by atoms with van der Waals surface area (Å²) in [6, 6.07) is 10.1. The molecular formula is C23H26N4O2S. The zero-order chi connectivity index (χ0) is 21.3. The maximum Gasteiger partial charge on any atom is 0.237 e. The van der Waals surface area contributed by atoms with Crippen molar-refractivity contribution in [3.63, 3.8) is 0 Å². The minimum atomic E-state index is -0.276. The van der Waals surface area contributed by atoms with E-state index in [1.54, 1.807) is 6.26 Å². The number of fused-ring (bicyclic) bond motifs is 3. The number of nitrogens with one attached hydrogen (secondary N) is 1. The summed E-state index contributed by atoms with van der Waals surface area (Å²) in [6.07, 6.45) is 4.11. The quantitative estimate of drug-likeness (QED) is 0.403. The predicted octanol–water partition coefficient (Wildman–Crippen LogP) is 5.42. The lowest BCUT2D eigenvalue weighted by Crippen LogP contribution is -2.26. The molecule has 6 nitrogen and oxygen atoms in total. The van der Waals surface area contributed by atoms with Gasteiger partial charge >= 0.3 is 0 Å². The van der Waals surface area contributed by atoms with Crippen LogP contribution in [0.2, 0.25) is 0 Å². The van der Waals surface area contributed by atoms with Gasteiger partial charge in [0.25, 0.3) is 0 Å². The van der Waals surface area contributed by atoms with E-state index in [1.807, 2.05) is 30.4 Å². The Labute approximate surface area is 180 Å². The Hall–Kier alpha value is -2.80. The maximum atomic E-state index is 13.2. The fourth-order valence-corrected chi connectivity index (χ4v) is 4.75. The molecule has 0 aliphatic rings. The summed E-state index contributed by atoms with van der Waals surface area (Å²) < 4.78 is 7.58. The minimum absolute atomic E-state index is 0.00568. The molecule has 0 aliphatic carbocycles. The van der Waals surface area contributed by atoms with E-state index in [0.717, 1.165) is 57.1 Å². The summed E-state index contributed by atoms with van der Waals surface area (Å²) in [6.45, 7) is 8.15. The van der Waals surface area contributed by atoms with Crippen LogP contribution in [-0.4, -0.2) is 25.8 Å². The standard InChI is InChI=1S/C23H26N4O2S/c1-5-15-9-8-10-16(6-2)21(15)24-22(28)20(7-3)30-23-18-13-19-17(11-12-29-19)27(18)14(4)25-26-23/h8-13,20H,5-7H2,1-4H3,(H,24,28)/t20-/m1/s1. The van der Waals surface area contributed by atoms with E-state index in [4.69, 9.17) is 4.42 Å². The molecule has 0 saturated heterocycles. The zero-order valence-corrected chi connectivity index (χ0v) is 18.5. The van der Waals surface area contributed by atoms with Crippen molar-refractivity contribution in [1.82, 2.24) is 14.6 Å². The third-order valence-corrected chi connectivity index (χ3v) is 6.76. The molecule has 1 N–H and O–H groups in total. The Kier molecular flexibility index (Phi) is 5.81. The number of aromatic nitrogens is 3. The summed E-state index contributed by atoms with van der Waals surface area (Å²) in [5.74, 6) is 0.779. The first-order chi connectivity index (χ1) is 14.6. The summed E-state index contributed by atoms with van der Waals surface area (Å²) >= 11 is 1.45. The SMILES string of the molecule is CCc1cccc(CC)c1NC(=O)[C@@H](CC)Sc1nnc(C)n2c1cc1occc12. The Bertz CT molecular complexity index is 1190. The molecule has 4 rings (SSSR count). The van der Waals surface area contributed by atoms with Gasteiger partial charge in [0.15, 0.2) is 5.58 Å². The Morgan fingerprint density at radius 1 is 1.13 bits per heavy atom. The fraction of sp³-hybridized carbons (Fsp3) is 0.348. The second-order valence-corrected chi connectivity index (χ2v) is 8.44. The molecule has 0 unspecified atom stereocenters. The molecule has 0 fully saturated rings. The highest BCUT2D eigenvalue weighted by Gasteiger charge is 2.23. The Morgan fingerprint density at radius 2 is 1.87 bits per heavy atom. The molecular weight excluding hydrogens is 396 g/mol. The number of carbonyl (C=O) groups excluding carboxylic acids is 1. The highest BCUT2D eigenvalue weighted by atomic mass is 32.2. The highest BCUT2D eigenvalue weighted by Crippen LogP contribution is 2.33. The van der Waals surface area contributed by atoms with Gasteiger partial charge in [-0.2, -0.15) is 0 Å². The summed E-state index contributed by atoms with van der Waals surface area (Å²) in [7, 11) is 0. The van der Waals surface area contributed by atoms with Crippen LogP contribution in [0.1, 0.15) is 44.1 Å². The van der Waals surface area contributed by atoms with Gasteiger partial charge in [0.2, 0.25) is 5.91 Å². The number of furan rings is 1. The lowest BCUT2D eigenvalue weighted by atomic mass is 10.0. The van der Waals surface area contributed by atoms with Gasteiger partial charge < -0.3 is 9.73 Å². The number of hydrogen-bond acceptors (Lipinski definition) is 5. The van der Waals surface area contributed by atoms with Crippen LogP contribution in [0.25, 0.3) is 16.6 Å². The zero-order valence-electron chi connectivity index (χ0n) is 17.7. The van der Waals surface area contributed by atoms with Crippen LogP contribution in [0.4, 0.5) is 5.69 Å². The van der Waals surface area contributed by atoms with Crippen molar-refractivity contribution in [2.24, 2.45) is 0 Å². The Balaban J connectivity index is 1.65. The van der Waals surface area contributed by atoms with Crippen LogP contribution in [0, 0.1) is 6.92 Å². The molecule has 1 aromatic carbocycles. The molecule has 4 aromatic rings. The molecule has 1 atom stereocenters. The number of rotatable bonds is 7. The van der Waals surface area contributed by atoms with E-state index in [-0.39, 0.29) is 11.2 Å². The van der Waals surface area contributed by atoms with Gasteiger partial charge in [-0.1, -0.05) is 50.7 Å². The van der Waals surface area contributed by atoms with Gasteiger partial charge in [0, 0.05) is 17.8 Å². The van der Waals surface area contributed by atoms with E-state index in [2.05, 4.69) is 47.6 Å². The van der Waals surface area contributed by atoms with Crippen LogP contribution in [0.3, 0.4) is 0 Å². The number of thioether (sulfide) groups is 1. The van der Waals surface area contributed by atoms with Crippen LogP contribution in [0.5, 0.6) is 0 Å². The largest absolute Gasteiger partial charge is 0.463 e. The van der Waals surface area contributed by atoms with Gasteiger partial charge in [-0.25, -0.2) is 0 Å². The normalized spacial score (nSPS) is 12.5. The molecule has 0 spiro atoms. The van der Waals surface area contributed by atoms with Crippen molar-refractivity contribution in [3.05, 3.63) is 53.5 Å². The smallest absolute Gasteiger partial charge is 0.237 e. The van der Waals surface area contributed by atoms with Crippen molar-refractivity contribution in [1.29, 1.82) is 0 Å². The van der Waals surface area contributed by atoms with E-state index in [0.29, 0.717) is 6.42 Å². The second-order valence-electron chi connectivity index (χ2n) is 7.25. The van der Waals surface area contributed by atoms with Gasteiger partial charge in [-0.05, 0) is 37.3 Å². The van der Waals surface area contributed by atoms with E-state index >= 15 is 0 Å². The number of nitrogens with zero attached hydrogens (tertiary/aromatic N) is 3. The number of benzene rings is 1. The van der Waals surface area contributed by atoms with E-state index in [9.17, 15) is 4.79 Å². The third-order valence-electron chi connectivity index (χ3n) is 5.42. The Morgan fingerprint density at radius 3 is 2.53 bits per heavy atom. The lowest BCUT2D eigenvalue weighted by Gasteiger charge is -2.18. The molecule has 0 saturated carbocycles. The van der Waals surface area contributed by atoms with Crippen LogP contribution in [-0.2, 0) is 17.6 Å². The molecule has 3 aromatic heterocycles. The topological polar surface area (TPSA) is 72.4 Å². The monoisotopic (exact) mass is 422 g/mol. The molecule has 0 bridgehead atoms.